The molecule has 6 nitrogen and oxygen atoms in total. The number of halogens is 1. The Hall–Kier alpha value is -3.06. The topological polar surface area (TPSA) is 80.3 Å². The van der Waals surface area contributed by atoms with Crippen LogP contribution in [0.15, 0.2) is 53.2 Å². The van der Waals surface area contributed by atoms with Crippen LogP contribution < -0.4 is 15.2 Å². The first-order valence-electron chi connectivity index (χ1n) is 10.2. The Balaban J connectivity index is 1.68. The van der Waals surface area contributed by atoms with Gasteiger partial charge in [-0.1, -0.05) is 17.3 Å². The van der Waals surface area contributed by atoms with E-state index in [-0.39, 0.29) is 11.7 Å². The van der Waals surface area contributed by atoms with Gasteiger partial charge in [-0.2, -0.15) is 0 Å². The zero-order chi connectivity index (χ0) is 20.9. The first-order valence-corrected chi connectivity index (χ1v) is 10.2. The molecule has 0 aromatic heterocycles. The number of nitrogens with two attached hydrogens (primary N) is 1. The molecule has 1 fully saturated rings. The van der Waals surface area contributed by atoms with Gasteiger partial charge in [0.15, 0.2) is 0 Å². The molecule has 2 aliphatic heterocycles. The number of likely N-dealkylation sites (tertiary alicyclic amines) is 1. The Labute approximate surface area is 175 Å². The van der Waals surface area contributed by atoms with Crippen molar-refractivity contribution in [3.8, 4) is 11.5 Å². The number of hydrogen-bond acceptors (Lipinski definition) is 5. The predicted octanol–water partition coefficient (Wildman–Crippen LogP) is 3.63. The molecule has 0 aliphatic carbocycles. The van der Waals surface area contributed by atoms with E-state index in [4.69, 9.17) is 20.4 Å². The van der Waals surface area contributed by atoms with Crippen molar-refractivity contribution in [3.05, 3.63) is 65.0 Å². The van der Waals surface area contributed by atoms with Crippen LogP contribution >= 0.6 is 0 Å². The summed E-state index contributed by atoms with van der Waals surface area (Å²) in [4.78, 5) is 2.44. The Morgan fingerprint density at radius 2 is 1.93 bits per heavy atom. The third kappa shape index (κ3) is 4.57. The van der Waals surface area contributed by atoms with E-state index in [1.54, 1.807) is 0 Å². The standard InChI is InChI=1S/C23H26FN3O3/c24-18-5-3-16(4-6-18)23-17(14-27-10-1-2-11-27)15-30-21-8-7-19(13-20(21)23)29-12-9-22(25)26-28/h3-8,13,28H,1-2,9-12,14-15H2,(H2,25,26). The number of fused-ring (bicyclic) bond motifs is 1. The lowest BCUT2D eigenvalue weighted by Gasteiger charge is -2.28. The number of rotatable bonds is 7. The van der Waals surface area contributed by atoms with Crippen molar-refractivity contribution >= 4 is 11.4 Å². The van der Waals surface area contributed by atoms with E-state index in [9.17, 15) is 4.39 Å². The van der Waals surface area contributed by atoms with Gasteiger partial charge in [-0.25, -0.2) is 4.39 Å². The molecule has 1 saturated heterocycles. The van der Waals surface area contributed by atoms with Crippen LogP contribution in [0.2, 0.25) is 0 Å². The summed E-state index contributed by atoms with van der Waals surface area (Å²) in [5.41, 5.74) is 9.67. The van der Waals surface area contributed by atoms with Crippen LogP contribution in [0.3, 0.4) is 0 Å². The summed E-state index contributed by atoms with van der Waals surface area (Å²) in [5.74, 6) is 1.32. The highest BCUT2D eigenvalue weighted by atomic mass is 19.1. The molecule has 0 atom stereocenters. The molecule has 30 heavy (non-hydrogen) atoms. The number of nitrogens with zero attached hydrogens (tertiary/aromatic N) is 2. The Morgan fingerprint density at radius 3 is 2.67 bits per heavy atom. The van der Waals surface area contributed by atoms with Gasteiger partial charge in [-0.05, 0) is 73.0 Å². The molecule has 0 radical (unpaired) electrons. The molecule has 0 spiro atoms. The predicted molar refractivity (Wildman–Crippen MR) is 114 cm³/mol. The Bertz CT molecular complexity index is 951. The van der Waals surface area contributed by atoms with E-state index in [0.29, 0.717) is 25.4 Å². The lowest BCUT2D eigenvalue weighted by molar-refractivity contribution is 0.302. The molecule has 2 heterocycles. The van der Waals surface area contributed by atoms with Crippen molar-refractivity contribution in [1.29, 1.82) is 0 Å². The SMILES string of the molecule is N/C(CCOc1ccc2c(c1)C(c1ccc(F)cc1)=C(CN1CCCC1)CO2)=N\O. The number of ether oxygens (including phenoxy) is 2. The summed E-state index contributed by atoms with van der Waals surface area (Å²) < 4.78 is 25.4. The number of amidine groups is 1. The second kappa shape index (κ2) is 9.17. The van der Waals surface area contributed by atoms with E-state index >= 15 is 0 Å². The lowest BCUT2D eigenvalue weighted by Crippen LogP contribution is -2.26. The van der Waals surface area contributed by atoms with Crippen LogP contribution in [0.5, 0.6) is 11.5 Å². The highest BCUT2D eigenvalue weighted by molar-refractivity contribution is 5.87. The van der Waals surface area contributed by atoms with E-state index in [2.05, 4.69) is 10.1 Å². The lowest BCUT2D eigenvalue weighted by atomic mass is 9.90. The monoisotopic (exact) mass is 411 g/mol. The minimum atomic E-state index is -0.257. The molecule has 3 N–H and O–H groups in total. The molecule has 0 unspecified atom stereocenters. The minimum absolute atomic E-state index is 0.121. The molecule has 4 rings (SSSR count). The highest BCUT2D eigenvalue weighted by Crippen LogP contribution is 2.40. The van der Waals surface area contributed by atoms with Gasteiger partial charge in [-0.3, -0.25) is 4.90 Å². The normalized spacial score (nSPS) is 17.0. The van der Waals surface area contributed by atoms with Crippen LogP contribution in [0.4, 0.5) is 4.39 Å². The maximum absolute atomic E-state index is 13.6. The van der Waals surface area contributed by atoms with Gasteiger partial charge in [0.25, 0.3) is 0 Å². The highest BCUT2D eigenvalue weighted by Gasteiger charge is 2.25. The smallest absolute Gasteiger partial charge is 0.142 e. The summed E-state index contributed by atoms with van der Waals surface area (Å²) in [6.07, 6.45) is 2.76. The summed E-state index contributed by atoms with van der Waals surface area (Å²) in [6.45, 7) is 3.82. The summed E-state index contributed by atoms with van der Waals surface area (Å²) in [6, 6.07) is 12.3. The summed E-state index contributed by atoms with van der Waals surface area (Å²) in [7, 11) is 0. The maximum atomic E-state index is 13.6. The zero-order valence-corrected chi connectivity index (χ0v) is 16.8. The fourth-order valence-corrected chi connectivity index (χ4v) is 3.98. The van der Waals surface area contributed by atoms with Crippen molar-refractivity contribution < 1.29 is 19.1 Å². The van der Waals surface area contributed by atoms with Crippen molar-refractivity contribution in [1.82, 2.24) is 4.90 Å². The fraction of sp³-hybridized carbons (Fsp3) is 0.348. The molecular formula is C23H26FN3O3. The Morgan fingerprint density at radius 1 is 1.17 bits per heavy atom. The third-order valence-electron chi connectivity index (χ3n) is 5.48. The summed E-state index contributed by atoms with van der Waals surface area (Å²) >= 11 is 0. The zero-order valence-electron chi connectivity index (χ0n) is 16.8. The molecule has 0 bridgehead atoms. The van der Waals surface area contributed by atoms with E-state index in [1.165, 1.54) is 30.5 Å². The molecule has 2 aliphatic rings. The fourth-order valence-electron chi connectivity index (χ4n) is 3.98. The van der Waals surface area contributed by atoms with E-state index < -0.39 is 0 Å². The van der Waals surface area contributed by atoms with Crippen LogP contribution in [0.25, 0.3) is 5.57 Å². The molecule has 0 saturated carbocycles. The van der Waals surface area contributed by atoms with Gasteiger partial charge in [0.2, 0.25) is 0 Å². The van der Waals surface area contributed by atoms with Crippen LogP contribution in [-0.4, -0.2) is 48.8 Å². The van der Waals surface area contributed by atoms with Gasteiger partial charge in [0, 0.05) is 18.5 Å². The first-order chi connectivity index (χ1) is 14.6. The number of hydrogen-bond donors (Lipinski definition) is 2. The molecular weight excluding hydrogens is 385 g/mol. The summed E-state index contributed by atoms with van der Waals surface area (Å²) in [5, 5.41) is 11.6. The van der Waals surface area contributed by atoms with Gasteiger partial charge in [-0.15, -0.1) is 0 Å². The van der Waals surface area contributed by atoms with Gasteiger partial charge in [0.05, 0.1) is 6.61 Å². The van der Waals surface area contributed by atoms with Crippen molar-refractivity contribution in [2.45, 2.75) is 19.3 Å². The molecule has 2 aromatic rings. The van der Waals surface area contributed by atoms with E-state index in [0.717, 1.165) is 42.1 Å². The average Bonchev–Trinajstić information content (AvgIpc) is 3.27. The van der Waals surface area contributed by atoms with Crippen molar-refractivity contribution in [2.75, 3.05) is 32.8 Å². The second-order valence-electron chi connectivity index (χ2n) is 7.61. The molecule has 0 amide bonds. The largest absolute Gasteiger partial charge is 0.493 e. The third-order valence-corrected chi connectivity index (χ3v) is 5.48. The number of benzene rings is 2. The van der Waals surface area contributed by atoms with Crippen LogP contribution in [0, 0.1) is 5.82 Å². The number of oxime groups is 1. The van der Waals surface area contributed by atoms with Crippen molar-refractivity contribution in [2.24, 2.45) is 10.9 Å². The Kier molecular flexibility index (Phi) is 6.18. The van der Waals surface area contributed by atoms with Gasteiger partial charge < -0.3 is 20.4 Å². The second-order valence-corrected chi connectivity index (χ2v) is 7.61. The first kappa shape index (κ1) is 20.2. The van der Waals surface area contributed by atoms with Crippen molar-refractivity contribution in [3.63, 3.8) is 0 Å². The minimum Gasteiger partial charge on any atom is -0.493 e. The average molecular weight is 411 g/mol. The quantitative estimate of drug-likeness (QED) is 0.315. The van der Waals surface area contributed by atoms with E-state index in [1.807, 2.05) is 30.3 Å². The maximum Gasteiger partial charge on any atom is 0.142 e. The molecule has 2 aromatic carbocycles. The van der Waals surface area contributed by atoms with Gasteiger partial charge in [0.1, 0.15) is 29.8 Å². The van der Waals surface area contributed by atoms with Crippen LogP contribution in [0.1, 0.15) is 30.4 Å². The van der Waals surface area contributed by atoms with Crippen LogP contribution in [-0.2, 0) is 0 Å². The van der Waals surface area contributed by atoms with Gasteiger partial charge >= 0.3 is 0 Å². The molecule has 7 heteroatoms. The molecule has 158 valence electrons.